The topological polar surface area (TPSA) is 79.2 Å². The summed E-state index contributed by atoms with van der Waals surface area (Å²) in [6.45, 7) is 1.99. The molecule has 0 saturated carbocycles. The first-order valence-electron chi connectivity index (χ1n) is 7.83. The second-order valence-electron chi connectivity index (χ2n) is 5.74. The van der Waals surface area contributed by atoms with Crippen LogP contribution in [0.2, 0.25) is 0 Å². The minimum atomic E-state index is -0.0778. The van der Waals surface area contributed by atoms with Crippen LogP contribution in [0.4, 0.5) is 0 Å². The van der Waals surface area contributed by atoms with Gasteiger partial charge in [0.05, 0.1) is 6.20 Å². The third-order valence-corrected chi connectivity index (χ3v) is 4.90. The van der Waals surface area contributed by atoms with Crippen LogP contribution in [0, 0.1) is 0 Å². The minimum Gasteiger partial charge on any atom is -0.508 e. The van der Waals surface area contributed by atoms with Gasteiger partial charge in [-0.1, -0.05) is 12.1 Å². The van der Waals surface area contributed by atoms with Gasteiger partial charge in [0, 0.05) is 25.5 Å². The molecule has 0 fully saturated rings. The molecule has 0 bridgehead atoms. The zero-order valence-electron chi connectivity index (χ0n) is 14.0. The lowest BCUT2D eigenvalue weighted by Gasteiger charge is -2.24. The van der Waals surface area contributed by atoms with Gasteiger partial charge in [0.25, 0.3) is 5.91 Å². The Morgan fingerprint density at radius 2 is 1.88 bits per heavy atom. The molecule has 0 radical (unpaired) electrons. The van der Waals surface area contributed by atoms with E-state index in [1.54, 1.807) is 48.7 Å². The van der Waals surface area contributed by atoms with Crippen LogP contribution in [0.15, 0.2) is 48.9 Å². The summed E-state index contributed by atoms with van der Waals surface area (Å²) in [5.41, 5.74) is 1.06. The Morgan fingerprint density at radius 1 is 1.20 bits per heavy atom. The smallest absolute Gasteiger partial charge is 0.265 e. The van der Waals surface area contributed by atoms with Crippen molar-refractivity contribution < 1.29 is 9.90 Å². The van der Waals surface area contributed by atoms with Gasteiger partial charge in [0.1, 0.15) is 10.6 Å². The van der Waals surface area contributed by atoms with Crippen molar-refractivity contribution in [1.29, 1.82) is 0 Å². The van der Waals surface area contributed by atoms with Crippen molar-refractivity contribution in [2.75, 3.05) is 7.05 Å². The molecule has 0 unspecified atom stereocenters. The number of aromatic hydroxyl groups is 1. The van der Waals surface area contributed by atoms with E-state index in [4.69, 9.17) is 0 Å². The molecular formula is C18H18N4O2S. The van der Waals surface area contributed by atoms with Crippen molar-refractivity contribution in [2.45, 2.75) is 19.4 Å². The van der Waals surface area contributed by atoms with Crippen molar-refractivity contribution in [3.05, 3.63) is 59.4 Å². The van der Waals surface area contributed by atoms with E-state index in [2.05, 4.69) is 15.0 Å². The van der Waals surface area contributed by atoms with Crippen LogP contribution < -0.4 is 0 Å². The number of phenolic OH excluding ortho intramolecular Hbond substituents is 1. The molecule has 3 aromatic rings. The van der Waals surface area contributed by atoms with E-state index < -0.39 is 0 Å². The molecule has 3 rings (SSSR count). The average molecular weight is 354 g/mol. The molecule has 2 aromatic heterocycles. The number of nitrogens with zero attached hydrogens (tertiary/aromatic N) is 4. The van der Waals surface area contributed by atoms with Gasteiger partial charge in [-0.3, -0.25) is 4.79 Å². The van der Waals surface area contributed by atoms with Gasteiger partial charge in [0.15, 0.2) is 10.8 Å². The third kappa shape index (κ3) is 4.00. The molecule has 0 aliphatic carbocycles. The molecule has 7 heteroatoms. The monoisotopic (exact) mass is 354 g/mol. The van der Waals surface area contributed by atoms with Crippen LogP contribution in [-0.2, 0) is 6.42 Å². The summed E-state index contributed by atoms with van der Waals surface area (Å²) >= 11 is 1.29. The molecule has 0 saturated heterocycles. The standard InChI is InChI=1S/C18H18N4O2S/c1-12(10-13-4-6-14(23)7-5-13)22(2)18(24)15-11-21-17(25-15)16-19-8-3-9-20-16/h3-9,11-12,23H,10H2,1-2H3/t12-/m1/s1. The van der Waals surface area contributed by atoms with Gasteiger partial charge in [-0.05, 0) is 37.1 Å². The third-order valence-electron chi connectivity index (χ3n) is 3.92. The molecular weight excluding hydrogens is 336 g/mol. The molecule has 0 aliphatic heterocycles. The number of benzene rings is 1. The number of carbonyl (C=O) groups excluding carboxylic acids is 1. The van der Waals surface area contributed by atoms with Gasteiger partial charge >= 0.3 is 0 Å². The highest BCUT2D eigenvalue weighted by Gasteiger charge is 2.21. The fraction of sp³-hybridized carbons (Fsp3) is 0.222. The number of hydrogen-bond donors (Lipinski definition) is 1. The van der Waals surface area contributed by atoms with Crippen LogP contribution in [-0.4, -0.2) is 44.0 Å². The fourth-order valence-electron chi connectivity index (χ4n) is 2.37. The van der Waals surface area contributed by atoms with E-state index in [-0.39, 0.29) is 17.7 Å². The maximum atomic E-state index is 12.7. The zero-order valence-corrected chi connectivity index (χ0v) is 14.8. The molecule has 6 nitrogen and oxygen atoms in total. The Labute approximate surface area is 149 Å². The molecule has 0 aliphatic rings. The summed E-state index contributed by atoms with van der Waals surface area (Å²) in [6.07, 6.45) is 5.58. The predicted molar refractivity (Wildman–Crippen MR) is 96.5 cm³/mol. The quantitative estimate of drug-likeness (QED) is 0.762. The molecule has 1 amide bonds. The van der Waals surface area contributed by atoms with Crippen molar-refractivity contribution in [3.63, 3.8) is 0 Å². The fourth-order valence-corrected chi connectivity index (χ4v) is 3.22. The van der Waals surface area contributed by atoms with Crippen LogP contribution in [0.3, 0.4) is 0 Å². The molecule has 1 atom stereocenters. The normalized spacial score (nSPS) is 11.9. The summed E-state index contributed by atoms with van der Waals surface area (Å²) in [5.74, 6) is 0.679. The first kappa shape index (κ1) is 17.0. The number of carbonyl (C=O) groups is 1. The van der Waals surface area contributed by atoms with Gasteiger partial charge in [-0.15, -0.1) is 11.3 Å². The molecule has 0 spiro atoms. The number of aromatic nitrogens is 3. The lowest BCUT2D eigenvalue weighted by Crippen LogP contribution is -2.36. The second-order valence-corrected chi connectivity index (χ2v) is 6.77. The van der Waals surface area contributed by atoms with Gasteiger partial charge in [-0.2, -0.15) is 0 Å². The second kappa shape index (κ2) is 7.40. The maximum absolute atomic E-state index is 12.7. The molecule has 25 heavy (non-hydrogen) atoms. The van der Waals surface area contributed by atoms with E-state index in [0.29, 0.717) is 22.1 Å². The Balaban J connectivity index is 1.69. The first-order valence-corrected chi connectivity index (χ1v) is 8.64. The minimum absolute atomic E-state index is 0.00979. The first-order chi connectivity index (χ1) is 12.0. The number of likely N-dealkylation sites (N-methyl/N-ethyl adjacent to an activating group) is 1. The number of rotatable bonds is 5. The Bertz CT molecular complexity index is 849. The highest BCUT2D eigenvalue weighted by molar-refractivity contribution is 7.16. The van der Waals surface area contributed by atoms with E-state index in [1.807, 2.05) is 19.1 Å². The van der Waals surface area contributed by atoms with Crippen molar-refractivity contribution >= 4 is 17.2 Å². The number of thiazole rings is 1. The van der Waals surface area contributed by atoms with Crippen LogP contribution >= 0.6 is 11.3 Å². The van der Waals surface area contributed by atoms with Gasteiger partial charge < -0.3 is 10.0 Å². The highest BCUT2D eigenvalue weighted by atomic mass is 32.1. The Hall–Kier alpha value is -2.80. The Kier molecular flexibility index (Phi) is 5.04. The van der Waals surface area contributed by atoms with E-state index in [1.165, 1.54) is 11.3 Å². The van der Waals surface area contributed by atoms with Crippen LogP contribution in [0.5, 0.6) is 5.75 Å². The zero-order chi connectivity index (χ0) is 17.8. The van der Waals surface area contributed by atoms with E-state index in [0.717, 1.165) is 5.56 Å². The maximum Gasteiger partial charge on any atom is 0.265 e. The Morgan fingerprint density at radius 3 is 2.56 bits per heavy atom. The number of hydrogen-bond acceptors (Lipinski definition) is 6. The summed E-state index contributed by atoms with van der Waals surface area (Å²) < 4.78 is 0. The van der Waals surface area contributed by atoms with E-state index in [9.17, 15) is 9.90 Å². The molecule has 128 valence electrons. The summed E-state index contributed by atoms with van der Waals surface area (Å²) in [6, 6.07) is 8.78. The van der Waals surface area contributed by atoms with Crippen LogP contribution in [0.25, 0.3) is 10.8 Å². The lowest BCUT2D eigenvalue weighted by molar-refractivity contribution is 0.0748. The molecule has 1 N–H and O–H groups in total. The van der Waals surface area contributed by atoms with Crippen molar-refractivity contribution in [1.82, 2.24) is 19.9 Å². The van der Waals surface area contributed by atoms with Crippen molar-refractivity contribution in [2.24, 2.45) is 0 Å². The predicted octanol–water partition coefficient (Wildman–Crippen LogP) is 3.01. The summed E-state index contributed by atoms with van der Waals surface area (Å²) in [4.78, 5) is 27.5. The average Bonchev–Trinajstić information content (AvgIpc) is 3.13. The lowest BCUT2D eigenvalue weighted by atomic mass is 10.1. The largest absolute Gasteiger partial charge is 0.508 e. The molecule has 1 aromatic carbocycles. The molecule has 2 heterocycles. The van der Waals surface area contributed by atoms with Crippen LogP contribution in [0.1, 0.15) is 22.2 Å². The van der Waals surface area contributed by atoms with E-state index >= 15 is 0 Å². The highest BCUT2D eigenvalue weighted by Crippen LogP contribution is 2.23. The van der Waals surface area contributed by atoms with Gasteiger partial charge in [0.2, 0.25) is 0 Å². The van der Waals surface area contributed by atoms with Gasteiger partial charge in [-0.25, -0.2) is 15.0 Å². The number of amides is 1. The SMILES string of the molecule is C[C@H](Cc1ccc(O)cc1)N(C)C(=O)c1cnc(-c2ncccn2)s1. The number of phenols is 1. The van der Waals surface area contributed by atoms with Crippen molar-refractivity contribution in [3.8, 4) is 16.6 Å². The summed E-state index contributed by atoms with van der Waals surface area (Å²) in [7, 11) is 1.78. The summed E-state index contributed by atoms with van der Waals surface area (Å²) in [5, 5.41) is 9.98.